The van der Waals surface area contributed by atoms with Gasteiger partial charge >= 0.3 is 6.09 Å². The number of fused-ring (bicyclic) bond motifs is 3. The molecule has 0 amide bonds. The van der Waals surface area contributed by atoms with E-state index in [4.69, 9.17) is 9.47 Å². The van der Waals surface area contributed by atoms with E-state index in [-0.39, 0.29) is 13.1 Å². The van der Waals surface area contributed by atoms with Gasteiger partial charge in [0.15, 0.2) is 0 Å². The second-order valence-corrected chi connectivity index (χ2v) is 13.8. The second-order valence-electron chi connectivity index (χ2n) is 11.9. The molecule has 0 aliphatic carbocycles. The van der Waals surface area contributed by atoms with Crippen LogP contribution in [0.4, 0.5) is 10.5 Å². The minimum atomic E-state index is -3.55. The summed E-state index contributed by atoms with van der Waals surface area (Å²) in [7, 11) is -3.55. The monoisotopic (exact) mass is 629 g/mol. The van der Waals surface area contributed by atoms with Gasteiger partial charge in [-0.05, 0) is 62.2 Å². The lowest BCUT2D eigenvalue weighted by Gasteiger charge is -2.24. The van der Waals surface area contributed by atoms with Crippen LogP contribution in [0.15, 0.2) is 97.1 Å². The number of ether oxygens (including phenoxy) is 2. The largest absolute Gasteiger partial charge is 0.492 e. The zero-order chi connectivity index (χ0) is 32.2. The van der Waals surface area contributed by atoms with Gasteiger partial charge in [0.05, 0.1) is 35.6 Å². The van der Waals surface area contributed by atoms with Crippen LogP contribution in [0.2, 0.25) is 0 Å². The minimum absolute atomic E-state index is 0.194. The normalized spacial score (nSPS) is 12.7. The molecule has 5 rings (SSSR count). The minimum Gasteiger partial charge on any atom is -0.492 e. The number of para-hydroxylation sites is 1. The Kier molecular flexibility index (Phi) is 9.48. The van der Waals surface area contributed by atoms with Crippen LogP contribution in [0, 0.1) is 0 Å². The van der Waals surface area contributed by atoms with Crippen molar-refractivity contribution in [3.8, 4) is 5.75 Å². The van der Waals surface area contributed by atoms with Gasteiger partial charge in [-0.2, -0.15) is 0 Å². The van der Waals surface area contributed by atoms with E-state index >= 15 is 0 Å². The first kappa shape index (κ1) is 32.0. The molecule has 0 spiro atoms. The molecule has 0 fully saturated rings. The highest BCUT2D eigenvalue weighted by Gasteiger charge is 2.23. The van der Waals surface area contributed by atoms with Gasteiger partial charge in [0.2, 0.25) is 10.0 Å². The van der Waals surface area contributed by atoms with Crippen molar-refractivity contribution < 1.29 is 27.8 Å². The highest BCUT2D eigenvalue weighted by Crippen LogP contribution is 2.32. The third kappa shape index (κ3) is 7.83. The van der Waals surface area contributed by atoms with Gasteiger partial charge in [0.1, 0.15) is 18.0 Å². The number of nitrogens with zero attached hydrogens (tertiary/aromatic N) is 2. The highest BCUT2D eigenvalue weighted by molar-refractivity contribution is 7.92. The van der Waals surface area contributed by atoms with Crippen LogP contribution in [-0.2, 0) is 21.3 Å². The van der Waals surface area contributed by atoms with Crippen molar-refractivity contribution in [2.24, 2.45) is 0 Å². The number of benzene rings is 4. The first-order valence-electron chi connectivity index (χ1n) is 14.8. The summed E-state index contributed by atoms with van der Waals surface area (Å²) < 4.78 is 39.8. The van der Waals surface area contributed by atoms with Gasteiger partial charge in [-0.25, -0.2) is 17.8 Å². The first-order chi connectivity index (χ1) is 21.4. The maximum absolute atomic E-state index is 13.2. The Bertz CT molecular complexity index is 1900. The molecule has 0 bridgehead atoms. The third-order valence-electron chi connectivity index (χ3n) is 7.22. The Labute approximate surface area is 264 Å². The van der Waals surface area contributed by atoms with Crippen LogP contribution in [0.3, 0.4) is 0 Å². The fraction of sp³-hybridized carbons (Fsp3) is 0.286. The summed E-state index contributed by atoms with van der Waals surface area (Å²) in [4.78, 5) is 13.2. The Hall–Kier alpha value is -4.38. The van der Waals surface area contributed by atoms with Gasteiger partial charge in [-0.15, -0.1) is 0 Å². The van der Waals surface area contributed by atoms with Crippen LogP contribution in [-0.4, -0.2) is 55.7 Å². The molecule has 0 aliphatic rings. The molecule has 9 nitrogen and oxygen atoms in total. The highest BCUT2D eigenvalue weighted by atomic mass is 32.2. The third-order valence-corrected chi connectivity index (χ3v) is 8.36. The fourth-order valence-electron chi connectivity index (χ4n) is 5.18. The number of sulfonamides is 1. The van der Waals surface area contributed by atoms with Gasteiger partial charge in [0, 0.05) is 29.9 Å². The Morgan fingerprint density at radius 2 is 1.62 bits per heavy atom. The van der Waals surface area contributed by atoms with E-state index in [0.29, 0.717) is 35.7 Å². The molecule has 0 saturated heterocycles. The smallest absolute Gasteiger partial charge is 0.419 e. The summed E-state index contributed by atoms with van der Waals surface area (Å²) in [5.41, 5.74) is 2.76. The molecule has 236 valence electrons. The number of carbonyl (C=O) groups is 1. The van der Waals surface area contributed by atoms with Gasteiger partial charge in [0.25, 0.3) is 0 Å². The molecule has 5 aromatic rings. The molecule has 0 saturated carbocycles. The van der Waals surface area contributed by atoms with Gasteiger partial charge < -0.3 is 19.9 Å². The lowest BCUT2D eigenvalue weighted by molar-refractivity contribution is 0.0551. The van der Waals surface area contributed by atoms with Crippen LogP contribution < -0.4 is 14.4 Å². The maximum atomic E-state index is 13.2. The summed E-state index contributed by atoms with van der Waals surface area (Å²) in [6, 6.07) is 29.7. The number of aliphatic hydroxyl groups excluding tert-OH is 1. The summed E-state index contributed by atoms with van der Waals surface area (Å²) in [6.07, 6.45) is -0.135. The SMILES string of the molecule is CC(C)(C)OC(=O)n1c2ccccc2c2ccc(OCCNC[C@H](O)c3cccc(N(Cc4ccccc4)S(C)(=O)=O)c3)cc21. The topological polar surface area (TPSA) is 110 Å². The molecular weight excluding hydrogens is 590 g/mol. The lowest BCUT2D eigenvalue weighted by atomic mass is 10.1. The predicted molar refractivity (Wildman–Crippen MR) is 178 cm³/mol. The number of carbonyl (C=O) groups excluding carboxylic acids is 1. The Morgan fingerprint density at radius 1 is 0.911 bits per heavy atom. The summed E-state index contributed by atoms with van der Waals surface area (Å²) in [6.45, 7) is 6.73. The molecule has 0 aliphatic heterocycles. The number of nitrogens with one attached hydrogen (secondary N) is 1. The van der Waals surface area contributed by atoms with E-state index in [1.165, 1.54) is 10.6 Å². The Morgan fingerprint density at radius 3 is 2.36 bits per heavy atom. The summed E-state index contributed by atoms with van der Waals surface area (Å²) >= 11 is 0. The number of rotatable bonds is 11. The number of aliphatic hydroxyl groups is 1. The average molecular weight is 630 g/mol. The van der Waals surface area contributed by atoms with Crippen molar-refractivity contribution in [2.45, 2.75) is 39.0 Å². The fourth-order valence-corrected chi connectivity index (χ4v) is 6.06. The average Bonchev–Trinajstić information content (AvgIpc) is 3.32. The molecule has 4 aromatic carbocycles. The number of hydrogen-bond acceptors (Lipinski definition) is 7. The first-order valence-corrected chi connectivity index (χ1v) is 16.7. The van der Waals surface area contributed by atoms with Crippen molar-refractivity contribution in [2.75, 3.05) is 30.3 Å². The molecule has 45 heavy (non-hydrogen) atoms. The zero-order valence-electron chi connectivity index (χ0n) is 25.9. The van der Waals surface area contributed by atoms with Crippen LogP contribution >= 0.6 is 0 Å². The standard InChI is InChI=1S/C35H39N3O6S/c1-35(2,3)44-34(40)38-31-16-9-8-15-29(31)30-18-17-28(22-32(30)38)43-20-19-36-23-33(39)26-13-10-14-27(21-26)37(45(4,41)42)24-25-11-6-5-7-12-25/h5-18,21-22,33,36,39H,19-20,23-24H2,1-4H3/t33-/m0/s1. The summed E-state index contributed by atoms with van der Waals surface area (Å²) in [5.74, 6) is 0.601. The molecule has 1 atom stereocenters. The van der Waals surface area contributed by atoms with Gasteiger partial charge in [-0.3, -0.25) is 4.31 Å². The van der Waals surface area contributed by atoms with Crippen LogP contribution in [0.25, 0.3) is 21.8 Å². The molecule has 10 heteroatoms. The van der Waals surface area contributed by atoms with E-state index in [9.17, 15) is 18.3 Å². The van der Waals surface area contributed by atoms with Crippen molar-refractivity contribution in [3.05, 3.63) is 108 Å². The maximum Gasteiger partial charge on any atom is 0.419 e. The van der Waals surface area contributed by atoms with Crippen molar-refractivity contribution in [3.63, 3.8) is 0 Å². The molecule has 0 radical (unpaired) electrons. The van der Waals surface area contributed by atoms with E-state index in [1.54, 1.807) is 28.8 Å². The zero-order valence-corrected chi connectivity index (χ0v) is 26.8. The van der Waals surface area contributed by atoms with Crippen molar-refractivity contribution in [1.82, 2.24) is 9.88 Å². The van der Waals surface area contributed by atoms with Crippen molar-refractivity contribution in [1.29, 1.82) is 0 Å². The molecule has 2 N–H and O–H groups in total. The van der Waals surface area contributed by atoms with Crippen LogP contribution in [0.1, 0.15) is 38.0 Å². The molecular formula is C35H39N3O6S. The predicted octanol–water partition coefficient (Wildman–Crippen LogP) is 6.25. The number of aromatic nitrogens is 1. The Balaban J connectivity index is 1.21. The second kappa shape index (κ2) is 13.3. The lowest BCUT2D eigenvalue weighted by Crippen LogP contribution is -2.29. The molecule has 1 heterocycles. The van der Waals surface area contributed by atoms with Gasteiger partial charge in [-0.1, -0.05) is 60.7 Å². The quantitative estimate of drug-likeness (QED) is 0.166. The number of hydrogen-bond donors (Lipinski definition) is 2. The summed E-state index contributed by atoms with van der Waals surface area (Å²) in [5, 5.41) is 15.9. The van der Waals surface area contributed by atoms with E-state index in [0.717, 1.165) is 21.9 Å². The van der Waals surface area contributed by atoms with E-state index in [1.807, 2.05) is 93.6 Å². The van der Waals surface area contributed by atoms with E-state index in [2.05, 4.69) is 5.32 Å². The van der Waals surface area contributed by atoms with E-state index < -0.39 is 27.8 Å². The molecule has 1 aromatic heterocycles. The van der Waals surface area contributed by atoms with Crippen LogP contribution in [0.5, 0.6) is 5.75 Å². The molecule has 0 unspecified atom stereocenters. The van der Waals surface area contributed by atoms with Crippen molar-refractivity contribution >= 4 is 43.6 Å². The number of anilines is 1.